The Morgan fingerprint density at radius 2 is 1.40 bits per heavy atom. The summed E-state index contributed by atoms with van der Waals surface area (Å²) >= 11 is 0. The van der Waals surface area contributed by atoms with Crippen molar-refractivity contribution in [2.24, 2.45) is 0 Å². The molecular weight excluding hydrogens is 310 g/mol. The number of nitrogens with zero attached hydrogens (tertiary/aromatic N) is 3. The third-order valence-corrected chi connectivity index (χ3v) is 4.36. The summed E-state index contributed by atoms with van der Waals surface area (Å²) in [7, 11) is 1.69. The first-order chi connectivity index (χ1) is 12.3. The van der Waals surface area contributed by atoms with Gasteiger partial charge in [0.25, 0.3) is 0 Å². The van der Waals surface area contributed by atoms with E-state index in [0.717, 1.165) is 27.9 Å². The zero-order valence-corrected chi connectivity index (χ0v) is 14.3. The summed E-state index contributed by atoms with van der Waals surface area (Å²) in [6, 6.07) is 24.3. The van der Waals surface area contributed by atoms with Gasteiger partial charge in [0.05, 0.1) is 7.11 Å². The van der Waals surface area contributed by atoms with Crippen molar-refractivity contribution >= 4 is 11.0 Å². The number of aryl methyl sites for hydroxylation is 1. The van der Waals surface area contributed by atoms with E-state index in [-0.39, 0.29) is 6.04 Å². The number of hydrogen-bond acceptors (Lipinski definition) is 3. The smallest absolute Gasteiger partial charge is 0.125 e. The second-order valence-corrected chi connectivity index (χ2v) is 6.06. The van der Waals surface area contributed by atoms with Gasteiger partial charge in [-0.2, -0.15) is 15.0 Å². The first kappa shape index (κ1) is 15.4. The summed E-state index contributed by atoms with van der Waals surface area (Å²) in [5.74, 6) is 0.828. The first-order valence-electron chi connectivity index (χ1n) is 8.27. The fourth-order valence-corrected chi connectivity index (χ4v) is 3.07. The molecule has 0 saturated carbocycles. The molecule has 0 aliphatic rings. The molecule has 4 rings (SSSR count). The van der Waals surface area contributed by atoms with Crippen molar-refractivity contribution in [2.75, 3.05) is 7.11 Å². The molecule has 1 heterocycles. The Balaban J connectivity index is 1.93. The van der Waals surface area contributed by atoms with Crippen molar-refractivity contribution in [3.8, 4) is 5.75 Å². The maximum atomic E-state index is 5.60. The molecule has 4 nitrogen and oxygen atoms in total. The maximum absolute atomic E-state index is 5.60. The minimum absolute atomic E-state index is 0.149. The largest absolute Gasteiger partial charge is 0.496 e. The van der Waals surface area contributed by atoms with E-state index in [4.69, 9.17) is 14.9 Å². The molecule has 4 heteroatoms. The van der Waals surface area contributed by atoms with Gasteiger partial charge in [-0.15, -0.1) is 0 Å². The second kappa shape index (κ2) is 6.40. The lowest BCUT2D eigenvalue weighted by Gasteiger charge is -2.20. The Labute approximate surface area is 146 Å². The van der Waals surface area contributed by atoms with E-state index in [1.54, 1.807) is 11.9 Å². The highest BCUT2D eigenvalue weighted by atomic mass is 16.5. The standard InChI is InChI=1S/C21H19N3O/c1-15-11-13-16(14-12-15)21(17-7-3-6-10-20(17)25-2)24-22-18-8-4-5-9-19(18)23-24/h3-14,21H,1-2H3. The van der Waals surface area contributed by atoms with E-state index in [9.17, 15) is 0 Å². The van der Waals surface area contributed by atoms with Gasteiger partial charge in [-0.1, -0.05) is 60.2 Å². The highest BCUT2D eigenvalue weighted by Crippen LogP contribution is 2.33. The molecule has 0 spiro atoms. The summed E-state index contributed by atoms with van der Waals surface area (Å²) in [5.41, 5.74) is 5.15. The van der Waals surface area contributed by atoms with Gasteiger partial charge in [-0.3, -0.25) is 0 Å². The summed E-state index contributed by atoms with van der Waals surface area (Å²) in [6.45, 7) is 2.09. The molecule has 0 radical (unpaired) electrons. The first-order valence-corrected chi connectivity index (χ1v) is 8.27. The number of ether oxygens (including phenoxy) is 1. The molecule has 1 aromatic heterocycles. The van der Waals surface area contributed by atoms with Crippen molar-refractivity contribution in [2.45, 2.75) is 13.0 Å². The van der Waals surface area contributed by atoms with Crippen molar-refractivity contribution in [1.29, 1.82) is 0 Å². The minimum Gasteiger partial charge on any atom is -0.496 e. The Kier molecular flexibility index (Phi) is 3.94. The molecule has 4 aromatic rings. The third-order valence-electron chi connectivity index (χ3n) is 4.36. The zero-order chi connectivity index (χ0) is 17.2. The quantitative estimate of drug-likeness (QED) is 0.557. The summed E-state index contributed by atoms with van der Waals surface area (Å²) in [6.07, 6.45) is 0. The average Bonchev–Trinajstić information content (AvgIpc) is 3.07. The van der Waals surface area contributed by atoms with Crippen LogP contribution in [0, 0.1) is 6.92 Å². The maximum Gasteiger partial charge on any atom is 0.125 e. The number of rotatable bonds is 4. The van der Waals surface area contributed by atoms with Gasteiger partial charge in [-0.05, 0) is 30.7 Å². The van der Waals surface area contributed by atoms with Crippen LogP contribution in [0.5, 0.6) is 5.75 Å². The van der Waals surface area contributed by atoms with Gasteiger partial charge < -0.3 is 4.74 Å². The van der Waals surface area contributed by atoms with E-state index in [2.05, 4.69) is 37.3 Å². The van der Waals surface area contributed by atoms with Crippen LogP contribution in [-0.2, 0) is 0 Å². The SMILES string of the molecule is COc1ccccc1C(c1ccc(C)cc1)n1nc2ccccc2n1. The predicted molar refractivity (Wildman–Crippen MR) is 98.9 cm³/mol. The van der Waals surface area contributed by atoms with Gasteiger partial charge in [0.2, 0.25) is 0 Å². The molecule has 0 saturated heterocycles. The highest BCUT2D eigenvalue weighted by molar-refractivity contribution is 5.73. The number of para-hydroxylation sites is 1. The Morgan fingerprint density at radius 3 is 2.04 bits per heavy atom. The lowest BCUT2D eigenvalue weighted by atomic mass is 9.97. The molecule has 0 aliphatic heterocycles. The van der Waals surface area contributed by atoms with Gasteiger partial charge in [-0.25, -0.2) is 0 Å². The van der Waals surface area contributed by atoms with Crippen LogP contribution in [0.25, 0.3) is 11.0 Å². The van der Waals surface area contributed by atoms with Crippen LogP contribution < -0.4 is 4.74 Å². The number of aromatic nitrogens is 3. The predicted octanol–water partition coefficient (Wildman–Crippen LogP) is 4.39. The van der Waals surface area contributed by atoms with Gasteiger partial charge >= 0.3 is 0 Å². The van der Waals surface area contributed by atoms with Crippen LogP contribution in [0.15, 0.2) is 72.8 Å². The van der Waals surface area contributed by atoms with Crippen LogP contribution >= 0.6 is 0 Å². The van der Waals surface area contributed by atoms with E-state index >= 15 is 0 Å². The minimum atomic E-state index is -0.149. The lowest BCUT2D eigenvalue weighted by Crippen LogP contribution is -2.16. The van der Waals surface area contributed by atoms with Gasteiger partial charge in [0.1, 0.15) is 22.8 Å². The van der Waals surface area contributed by atoms with Crippen molar-refractivity contribution in [3.63, 3.8) is 0 Å². The van der Waals surface area contributed by atoms with E-state index in [1.807, 2.05) is 42.5 Å². The monoisotopic (exact) mass is 329 g/mol. The van der Waals surface area contributed by atoms with Gasteiger partial charge in [0.15, 0.2) is 0 Å². The number of fused-ring (bicyclic) bond motifs is 1. The summed E-state index contributed by atoms with van der Waals surface area (Å²) in [4.78, 5) is 1.78. The number of hydrogen-bond donors (Lipinski definition) is 0. The molecule has 0 bridgehead atoms. The molecular formula is C21H19N3O. The van der Waals surface area contributed by atoms with Crippen LogP contribution in [0.1, 0.15) is 22.7 Å². The Bertz CT molecular complexity index is 972. The number of benzene rings is 3. The third kappa shape index (κ3) is 2.87. The van der Waals surface area contributed by atoms with Crippen molar-refractivity contribution in [3.05, 3.63) is 89.5 Å². The fraction of sp³-hybridized carbons (Fsp3) is 0.143. The molecule has 1 unspecified atom stereocenters. The van der Waals surface area contributed by atoms with Crippen molar-refractivity contribution in [1.82, 2.24) is 15.0 Å². The topological polar surface area (TPSA) is 39.9 Å². The summed E-state index contributed by atoms with van der Waals surface area (Å²) < 4.78 is 5.60. The van der Waals surface area contributed by atoms with Gasteiger partial charge in [0, 0.05) is 5.56 Å². The molecule has 0 N–H and O–H groups in total. The molecule has 3 aromatic carbocycles. The second-order valence-electron chi connectivity index (χ2n) is 6.06. The molecule has 1 atom stereocenters. The molecule has 0 aliphatic carbocycles. The normalized spacial score (nSPS) is 12.2. The average molecular weight is 329 g/mol. The fourth-order valence-electron chi connectivity index (χ4n) is 3.07. The summed E-state index contributed by atoms with van der Waals surface area (Å²) in [5, 5.41) is 9.43. The van der Waals surface area contributed by atoms with E-state index in [1.165, 1.54) is 5.56 Å². The molecule has 0 amide bonds. The van der Waals surface area contributed by atoms with E-state index in [0.29, 0.717) is 0 Å². The van der Waals surface area contributed by atoms with Crippen molar-refractivity contribution < 1.29 is 4.74 Å². The highest BCUT2D eigenvalue weighted by Gasteiger charge is 2.22. The van der Waals surface area contributed by atoms with Crippen LogP contribution in [0.4, 0.5) is 0 Å². The van der Waals surface area contributed by atoms with Crippen LogP contribution in [0.2, 0.25) is 0 Å². The van der Waals surface area contributed by atoms with Crippen LogP contribution in [-0.4, -0.2) is 22.1 Å². The lowest BCUT2D eigenvalue weighted by molar-refractivity contribution is 0.399. The van der Waals surface area contributed by atoms with Crippen LogP contribution in [0.3, 0.4) is 0 Å². The number of methoxy groups -OCH3 is 1. The zero-order valence-electron chi connectivity index (χ0n) is 14.3. The Hall–Kier alpha value is -3.14. The van der Waals surface area contributed by atoms with E-state index < -0.39 is 0 Å². The molecule has 124 valence electrons. The Morgan fingerprint density at radius 1 is 0.800 bits per heavy atom. The molecule has 0 fully saturated rings. The molecule has 25 heavy (non-hydrogen) atoms.